The maximum absolute atomic E-state index is 14.1. The maximum Gasteiger partial charge on any atom is 0.312 e. The standard InChI is InChI=1S/C30H44O4/c1-24(2)13-15-29-16-14-28(6)27(5)11-7-19-25(3,20(27)8-12-30(28,33)21(29)17-24)10-9-22(31)26(19,4)18-34-23(29)32/h8,12,19-21,33H,7,9-11,13-18H2,1-6H3/t19-,20-,21-,25+,26-,27-,28+,29+,30+/m1/s1. The fourth-order valence-electron chi connectivity index (χ4n) is 10.9. The Bertz CT molecular complexity index is 998. The zero-order valence-corrected chi connectivity index (χ0v) is 22.1. The number of Topliss-reactive ketones (excluding diaryl/α,β-unsaturated/α-hetero) is 1. The fraction of sp³-hybridized carbons (Fsp3) is 0.867. The number of allylic oxidation sites excluding steroid dienone is 1. The van der Waals surface area contributed by atoms with Gasteiger partial charge in [-0.2, -0.15) is 0 Å². The number of fused-ring (bicyclic) bond motifs is 1. The second kappa shape index (κ2) is 6.39. The van der Waals surface area contributed by atoms with Crippen LogP contribution in [-0.2, 0) is 14.3 Å². The minimum absolute atomic E-state index is 0.0392. The molecular weight excluding hydrogens is 424 g/mol. The summed E-state index contributed by atoms with van der Waals surface area (Å²) in [7, 11) is 0. The molecule has 0 unspecified atom stereocenters. The molecule has 1 N–H and O–H groups in total. The molecule has 0 aromatic carbocycles. The number of esters is 1. The minimum atomic E-state index is -1.02. The number of hydrogen-bond donors (Lipinski definition) is 1. The van der Waals surface area contributed by atoms with Crippen molar-refractivity contribution in [3.05, 3.63) is 12.2 Å². The average Bonchev–Trinajstić information content (AvgIpc) is 2.76. The first-order valence-corrected chi connectivity index (χ1v) is 13.8. The van der Waals surface area contributed by atoms with Crippen LogP contribution in [-0.4, -0.2) is 29.1 Å². The Morgan fingerprint density at radius 1 is 0.912 bits per heavy atom. The number of rotatable bonds is 0. The van der Waals surface area contributed by atoms with Crippen molar-refractivity contribution in [2.24, 2.45) is 50.2 Å². The fourth-order valence-corrected chi connectivity index (χ4v) is 10.9. The van der Waals surface area contributed by atoms with Crippen LogP contribution in [0.4, 0.5) is 0 Å². The van der Waals surface area contributed by atoms with Crippen molar-refractivity contribution < 1.29 is 19.4 Å². The average molecular weight is 469 g/mol. The highest BCUT2D eigenvalue weighted by Crippen LogP contribution is 2.76. The molecule has 34 heavy (non-hydrogen) atoms. The van der Waals surface area contributed by atoms with Crippen LogP contribution in [0.1, 0.15) is 99.3 Å². The van der Waals surface area contributed by atoms with Crippen LogP contribution >= 0.6 is 0 Å². The first kappa shape index (κ1) is 23.3. The summed E-state index contributed by atoms with van der Waals surface area (Å²) in [6.07, 6.45) is 12.1. The summed E-state index contributed by atoms with van der Waals surface area (Å²) in [6, 6.07) is 0. The highest BCUT2D eigenvalue weighted by molar-refractivity contribution is 5.87. The molecule has 4 heteroatoms. The number of aliphatic hydroxyl groups is 1. The Morgan fingerprint density at radius 3 is 2.35 bits per heavy atom. The van der Waals surface area contributed by atoms with E-state index in [1.807, 2.05) is 0 Å². The number of ether oxygens (including phenoxy) is 1. The Balaban J connectivity index is 1.63. The van der Waals surface area contributed by atoms with E-state index in [2.05, 4.69) is 53.7 Å². The van der Waals surface area contributed by atoms with Gasteiger partial charge in [0.15, 0.2) is 0 Å². The lowest BCUT2D eigenvalue weighted by atomic mass is 9.31. The van der Waals surface area contributed by atoms with Gasteiger partial charge in [0.2, 0.25) is 0 Å². The third-order valence-corrected chi connectivity index (χ3v) is 13.3. The van der Waals surface area contributed by atoms with Gasteiger partial charge in [-0.25, -0.2) is 0 Å². The molecule has 6 fully saturated rings. The maximum atomic E-state index is 14.1. The highest BCUT2D eigenvalue weighted by atomic mass is 16.5. The van der Waals surface area contributed by atoms with E-state index < -0.39 is 16.4 Å². The van der Waals surface area contributed by atoms with E-state index in [1.165, 1.54) is 0 Å². The molecule has 0 amide bonds. The lowest BCUT2D eigenvalue weighted by Crippen LogP contribution is -2.74. The summed E-state index contributed by atoms with van der Waals surface area (Å²) in [5.41, 5.74) is -2.65. The molecule has 188 valence electrons. The summed E-state index contributed by atoms with van der Waals surface area (Å²) < 4.78 is 6.24. The molecule has 0 aromatic rings. The van der Waals surface area contributed by atoms with Crippen molar-refractivity contribution in [1.82, 2.24) is 0 Å². The van der Waals surface area contributed by atoms with Gasteiger partial charge >= 0.3 is 5.97 Å². The van der Waals surface area contributed by atoms with Gasteiger partial charge in [0.25, 0.3) is 0 Å². The molecule has 8 rings (SSSR count). The predicted octanol–water partition coefficient (Wildman–Crippen LogP) is 5.86. The van der Waals surface area contributed by atoms with Crippen molar-refractivity contribution in [3.8, 4) is 0 Å². The minimum Gasteiger partial charge on any atom is -0.464 e. The van der Waals surface area contributed by atoms with E-state index in [0.29, 0.717) is 12.3 Å². The number of ketones is 1. The van der Waals surface area contributed by atoms with E-state index in [0.717, 1.165) is 51.4 Å². The van der Waals surface area contributed by atoms with Gasteiger partial charge in [-0.05, 0) is 86.4 Å². The van der Waals surface area contributed by atoms with Crippen molar-refractivity contribution in [1.29, 1.82) is 0 Å². The molecular formula is C30H44O4. The normalized spacial score (nSPS) is 57.6. The van der Waals surface area contributed by atoms with Crippen LogP contribution < -0.4 is 0 Å². The van der Waals surface area contributed by atoms with Gasteiger partial charge in [0.05, 0.1) is 16.4 Å². The Labute approximate surface area is 205 Å². The molecule has 4 saturated carbocycles. The van der Waals surface area contributed by atoms with Crippen molar-refractivity contribution in [2.75, 3.05) is 6.61 Å². The molecule has 3 heterocycles. The van der Waals surface area contributed by atoms with E-state index >= 15 is 0 Å². The quantitative estimate of drug-likeness (QED) is 0.357. The number of carbonyl (C=O) groups is 2. The first-order valence-electron chi connectivity index (χ1n) is 13.8. The largest absolute Gasteiger partial charge is 0.464 e. The molecule has 2 saturated heterocycles. The molecule has 3 aliphatic heterocycles. The molecule has 8 aliphatic rings. The topological polar surface area (TPSA) is 63.6 Å². The lowest BCUT2D eigenvalue weighted by molar-refractivity contribution is -0.275. The lowest BCUT2D eigenvalue weighted by Gasteiger charge is -2.73. The van der Waals surface area contributed by atoms with Gasteiger partial charge in [-0.15, -0.1) is 0 Å². The zero-order chi connectivity index (χ0) is 24.6. The predicted molar refractivity (Wildman–Crippen MR) is 131 cm³/mol. The van der Waals surface area contributed by atoms with Crippen LogP contribution in [0.3, 0.4) is 0 Å². The second-order valence-corrected chi connectivity index (χ2v) is 15.0. The number of carbonyl (C=O) groups excluding carboxylic acids is 2. The SMILES string of the molecule is CC1(C)CC[C@@]23CC[C@]4(C)[C@](O)(C=C[C@@H]5[C@@]6(C)CCC(=O)[C@](C)(COC2=O)[C@@H]6CC[C@]54C)[C@@H]3C1. The Hall–Kier alpha value is -1.16. The van der Waals surface area contributed by atoms with Crippen LogP contribution in [0.2, 0.25) is 0 Å². The summed E-state index contributed by atoms with van der Waals surface area (Å²) in [6.45, 7) is 14.0. The Morgan fingerprint density at radius 2 is 1.62 bits per heavy atom. The van der Waals surface area contributed by atoms with Gasteiger partial charge in [0.1, 0.15) is 12.4 Å². The molecule has 4 nitrogen and oxygen atoms in total. The first-order chi connectivity index (χ1) is 15.7. The van der Waals surface area contributed by atoms with Crippen LogP contribution in [0.15, 0.2) is 12.2 Å². The van der Waals surface area contributed by atoms with Crippen molar-refractivity contribution in [2.45, 2.75) is 105 Å². The molecule has 1 spiro atoms. The third kappa shape index (κ3) is 2.36. The second-order valence-electron chi connectivity index (χ2n) is 15.0. The van der Waals surface area contributed by atoms with Gasteiger partial charge in [0, 0.05) is 17.8 Å². The Kier molecular flexibility index (Phi) is 4.37. The van der Waals surface area contributed by atoms with E-state index in [1.54, 1.807) is 0 Å². The monoisotopic (exact) mass is 468 g/mol. The molecule has 0 radical (unpaired) electrons. The molecule has 8 bridgehead atoms. The van der Waals surface area contributed by atoms with E-state index in [4.69, 9.17) is 4.74 Å². The third-order valence-electron chi connectivity index (χ3n) is 13.3. The summed E-state index contributed by atoms with van der Waals surface area (Å²) >= 11 is 0. The van der Waals surface area contributed by atoms with Crippen LogP contribution in [0, 0.1) is 50.2 Å². The molecule has 5 aliphatic carbocycles. The van der Waals surface area contributed by atoms with Crippen molar-refractivity contribution in [3.63, 3.8) is 0 Å². The van der Waals surface area contributed by atoms with Gasteiger partial charge in [-0.1, -0.05) is 46.8 Å². The summed E-state index contributed by atoms with van der Waals surface area (Å²) in [4.78, 5) is 27.5. The smallest absolute Gasteiger partial charge is 0.312 e. The molecule has 9 atom stereocenters. The van der Waals surface area contributed by atoms with Gasteiger partial charge < -0.3 is 9.84 Å². The van der Waals surface area contributed by atoms with Crippen LogP contribution in [0.25, 0.3) is 0 Å². The zero-order valence-electron chi connectivity index (χ0n) is 22.1. The van der Waals surface area contributed by atoms with Crippen LogP contribution in [0.5, 0.6) is 0 Å². The van der Waals surface area contributed by atoms with Crippen molar-refractivity contribution >= 4 is 11.8 Å². The highest BCUT2D eigenvalue weighted by Gasteiger charge is 2.75. The summed E-state index contributed by atoms with van der Waals surface area (Å²) in [5, 5.41) is 12.8. The van der Waals surface area contributed by atoms with Gasteiger partial charge in [-0.3, -0.25) is 9.59 Å². The van der Waals surface area contributed by atoms with E-state index in [9.17, 15) is 14.7 Å². The molecule has 0 aromatic heterocycles. The van der Waals surface area contributed by atoms with E-state index in [-0.39, 0.29) is 51.9 Å². The summed E-state index contributed by atoms with van der Waals surface area (Å²) in [5.74, 6) is 0.480. The number of hydrogen-bond acceptors (Lipinski definition) is 4.